The number of aromatic amines is 1. The standard InChI is InChI=1S/C17H12N2O2/c18-17(20)14-9-11(8-10-4-6-19-16(10)14)12-2-1-3-15-13(12)5-7-21-15/h1-9,19H,(H2,18,20). The van der Waals surface area contributed by atoms with Crippen molar-refractivity contribution in [1.82, 2.24) is 4.98 Å². The number of benzene rings is 2. The SMILES string of the molecule is NC(=O)c1cc(-c2cccc3occc23)cc2cc[nH]c12. The predicted octanol–water partition coefficient (Wildman–Crippen LogP) is 3.68. The van der Waals surface area contributed by atoms with Crippen LogP contribution in [0.15, 0.2) is 59.3 Å². The third-order valence-electron chi connectivity index (χ3n) is 3.73. The van der Waals surface area contributed by atoms with E-state index in [4.69, 9.17) is 10.2 Å². The van der Waals surface area contributed by atoms with Crippen molar-refractivity contribution in [3.63, 3.8) is 0 Å². The topological polar surface area (TPSA) is 72.0 Å². The van der Waals surface area contributed by atoms with Gasteiger partial charge < -0.3 is 15.1 Å². The van der Waals surface area contributed by atoms with Crippen LogP contribution in [0.5, 0.6) is 0 Å². The van der Waals surface area contributed by atoms with Crippen LogP contribution < -0.4 is 5.73 Å². The number of fused-ring (bicyclic) bond motifs is 2. The summed E-state index contributed by atoms with van der Waals surface area (Å²) in [5, 5.41) is 1.98. The number of nitrogens with one attached hydrogen (secondary N) is 1. The average molecular weight is 276 g/mol. The first kappa shape index (κ1) is 11.8. The normalized spacial score (nSPS) is 11.2. The van der Waals surface area contributed by atoms with Gasteiger partial charge in [-0.2, -0.15) is 0 Å². The molecule has 102 valence electrons. The Bertz CT molecular complexity index is 979. The van der Waals surface area contributed by atoms with Crippen LogP contribution in [0.25, 0.3) is 33.0 Å². The van der Waals surface area contributed by atoms with E-state index in [-0.39, 0.29) is 0 Å². The molecule has 4 nitrogen and oxygen atoms in total. The highest BCUT2D eigenvalue weighted by Crippen LogP contribution is 2.32. The summed E-state index contributed by atoms with van der Waals surface area (Å²) >= 11 is 0. The third-order valence-corrected chi connectivity index (χ3v) is 3.73. The molecule has 2 aromatic carbocycles. The van der Waals surface area contributed by atoms with Crippen LogP contribution in [0.3, 0.4) is 0 Å². The van der Waals surface area contributed by atoms with Gasteiger partial charge in [0.05, 0.1) is 17.3 Å². The lowest BCUT2D eigenvalue weighted by Crippen LogP contribution is -2.11. The van der Waals surface area contributed by atoms with Gasteiger partial charge in [0.1, 0.15) is 5.58 Å². The second-order valence-electron chi connectivity index (χ2n) is 4.97. The summed E-state index contributed by atoms with van der Waals surface area (Å²) < 4.78 is 5.43. The summed E-state index contributed by atoms with van der Waals surface area (Å²) in [7, 11) is 0. The first-order chi connectivity index (χ1) is 10.2. The van der Waals surface area contributed by atoms with Gasteiger partial charge in [-0.15, -0.1) is 0 Å². The second kappa shape index (κ2) is 4.24. The number of hydrogen-bond donors (Lipinski definition) is 2. The van der Waals surface area contributed by atoms with Gasteiger partial charge in [-0.1, -0.05) is 12.1 Å². The molecule has 4 heteroatoms. The van der Waals surface area contributed by atoms with Crippen molar-refractivity contribution in [2.24, 2.45) is 5.73 Å². The van der Waals surface area contributed by atoms with E-state index in [9.17, 15) is 4.79 Å². The third kappa shape index (κ3) is 1.73. The van der Waals surface area contributed by atoms with Gasteiger partial charge in [0.15, 0.2) is 0 Å². The maximum Gasteiger partial charge on any atom is 0.250 e. The molecular weight excluding hydrogens is 264 g/mol. The fourth-order valence-corrected chi connectivity index (χ4v) is 2.77. The zero-order valence-electron chi connectivity index (χ0n) is 11.1. The van der Waals surface area contributed by atoms with Crippen LogP contribution in [0.1, 0.15) is 10.4 Å². The van der Waals surface area contributed by atoms with Gasteiger partial charge in [0, 0.05) is 17.0 Å². The summed E-state index contributed by atoms with van der Waals surface area (Å²) in [5.41, 5.74) is 9.55. The Morgan fingerprint density at radius 1 is 1.14 bits per heavy atom. The number of carbonyl (C=O) groups excluding carboxylic acids is 1. The van der Waals surface area contributed by atoms with Crippen LogP contribution in [0.2, 0.25) is 0 Å². The van der Waals surface area contributed by atoms with Crippen molar-refractivity contribution in [2.45, 2.75) is 0 Å². The Morgan fingerprint density at radius 2 is 2.05 bits per heavy atom. The summed E-state index contributed by atoms with van der Waals surface area (Å²) in [6.07, 6.45) is 3.47. The molecule has 0 aliphatic heterocycles. The Morgan fingerprint density at radius 3 is 2.90 bits per heavy atom. The molecular formula is C17H12N2O2. The Kier molecular flexibility index (Phi) is 2.38. The van der Waals surface area contributed by atoms with E-state index in [2.05, 4.69) is 4.98 Å². The second-order valence-corrected chi connectivity index (χ2v) is 4.97. The van der Waals surface area contributed by atoms with Gasteiger partial charge in [-0.3, -0.25) is 4.79 Å². The van der Waals surface area contributed by atoms with E-state index >= 15 is 0 Å². The molecule has 2 heterocycles. The first-order valence-electron chi connectivity index (χ1n) is 6.61. The lowest BCUT2D eigenvalue weighted by Gasteiger charge is -2.07. The van der Waals surface area contributed by atoms with Crippen LogP contribution in [0, 0.1) is 0 Å². The first-order valence-corrected chi connectivity index (χ1v) is 6.61. The Labute approximate surface area is 120 Å². The van der Waals surface area contributed by atoms with Gasteiger partial charge >= 0.3 is 0 Å². The van der Waals surface area contributed by atoms with E-state index in [0.29, 0.717) is 5.56 Å². The zero-order valence-corrected chi connectivity index (χ0v) is 11.1. The van der Waals surface area contributed by atoms with Crippen LogP contribution >= 0.6 is 0 Å². The number of aromatic nitrogens is 1. The average Bonchev–Trinajstić information content (AvgIpc) is 3.13. The van der Waals surface area contributed by atoms with E-state index in [0.717, 1.165) is 33.0 Å². The van der Waals surface area contributed by atoms with Crippen molar-refractivity contribution in [2.75, 3.05) is 0 Å². The van der Waals surface area contributed by atoms with Crippen molar-refractivity contribution in [1.29, 1.82) is 0 Å². The van der Waals surface area contributed by atoms with E-state index < -0.39 is 5.91 Å². The predicted molar refractivity (Wildman–Crippen MR) is 82.0 cm³/mol. The fraction of sp³-hybridized carbons (Fsp3) is 0. The molecule has 0 fully saturated rings. The van der Waals surface area contributed by atoms with Gasteiger partial charge in [-0.25, -0.2) is 0 Å². The van der Waals surface area contributed by atoms with Crippen molar-refractivity contribution < 1.29 is 9.21 Å². The largest absolute Gasteiger partial charge is 0.464 e. The van der Waals surface area contributed by atoms with Crippen molar-refractivity contribution in [3.8, 4) is 11.1 Å². The highest BCUT2D eigenvalue weighted by atomic mass is 16.3. The molecule has 0 aliphatic rings. The minimum Gasteiger partial charge on any atom is -0.464 e. The molecule has 21 heavy (non-hydrogen) atoms. The molecule has 0 unspecified atom stereocenters. The molecule has 1 amide bonds. The number of rotatable bonds is 2. The smallest absolute Gasteiger partial charge is 0.250 e. The molecule has 0 spiro atoms. The minimum absolute atomic E-state index is 0.441. The molecule has 0 atom stereocenters. The van der Waals surface area contributed by atoms with E-state index in [1.807, 2.05) is 42.5 Å². The molecule has 0 aliphatic carbocycles. The number of carbonyl (C=O) groups is 1. The van der Waals surface area contributed by atoms with Crippen LogP contribution in [-0.4, -0.2) is 10.9 Å². The van der Waals surface area contributed by atoms with E-state index in [1.54, 1.807) is 12.5 Å². The van der Waals surface area contributed by atoms with Crippen LogP contribution in [0.4, 0.5) is 0 Å². The summed E-state index contributed by atoms with van der Waals surface area (Å²) in [5.74, 6) is -0.441. The molecule has 2 aromatic heterocycles. The van der Waals surface area contributed by atoms with Crippen LogP contribution in [-0.2, 0) is 0 Å². The van der Waals surface area contributed by atoms with Gasteiger partial charge in [0.2, 0.25) is 0 Å². The quantitative estimate of drug-likeness (QED) is 0.586. The molecule has 0 saturated heterocycles. The number of nitrogens with two attached hydrogens (primary N) is 1. The van der Waals surface area contributed by atoms with Gasteiger partial charge in [-0.05, 0) is 41.5 Å². The highest BCUT2D eigenvalue weighted by Gasteiger charge is 2.13. The number of H-pyrrole nitrogens is 1. The summed E-state index contributed by atoms with van der Waals surface area (Å²) in [4.78, 5) is 14.8. The number of furan rings is 1. The number of primary amides is 1. The lowest BCUT2D eigenvalue weighted by molar-refractivity contribution is 0.100. The lowest BCUT2D eigenvalue weighted by atomic mass is 9.98. The molecule has 4 aromatic rings. The number of amides is 1. The van der Waals surface area contributed by atoms with Gasteiger partial charge in [0.25, 0.3) is 5.91 Å². The molecule has 0 radical (unpaired) electrons. The maximum atomic E-state index is 11.7. The molecule has 3 N–H and O–H groups in total. The minimum atomic E-state index is -0.441. The monoisotopic (exact) mass is 276 g/mol. The summed E-state index contributed by atoms with van der Waals surface area (Å²) in [6.45, 7) is 0. The maximum absolute atomic E-state index is 11.7. The zero-order chi connectivity index (χ0) is 14.4. The Balaban J connectivity index is 2.06. The number of hydrogen-bond acceptors (Lipinski definition) is 2. The molecule has 4 rings (SSSR count). The Hall–Kier alpha value is -3.01. The molecule has 0 bridgehead atoms. The fourth-order valence-electron chi connectivity index (χ4n) is 2.77. The van der Waals surface area contributed by atoms with Crippen molar-refractivity contribution >= 4 is 27.8 Å². The van der Waals surface area contributed by atoms with E-state index in [1.165, 1.54) is 0 Å². The molecule has 0 saturated carbocycles. The summed E-state index contributed by atoms with van der Waals surface area (Å²) in [6, 6.07) is 13.6. The van der Waals surface area contributed by atoms with Crippen molar-refractivity contribution in [3.05, 3.63) is 60.5 Å². The highest BCUT2D eigenvalue weighted by molar-refractivity contribution is 6.08.